The largest absolute Gasteiger partial charge is 0.497 e. The van der Waals surface area contributed by atoms with Gasteiger partial charge in [0.15, 0.2) is 0 Å². The van der Waals surface area contributed by atoms with Gasteiger partial charge in [0.25, 0.3) is 0 Å². The molecule has 7 heteroatoms. The van der Waals surface area contributed by atoms with Crippen LogP contribution in [0.2, 0.25) is 0 Å². The number of hydrogen-bond acceptors (Lipinski definition) is 5. The standard InChI is InChI=1S/C20H30N2O4S/c1-25-17-8-7-16(18(11-17)26-2)12-21-19(23)9-6-15-5-4-10-22(13-15)20(24)14-27-3/h7-8,11,15H,4-6,9-10,12-14H2,1-3H3,(H,21,23)/t15-/m1/s1. The van der Waals surface area contributed by atoms with Gasteiger partial charge in [-0.15, -0.1) is 0 Å². The molecule has 1 aromatic rings. The maximum absolute atomic E-state index is 12.2. The number of carbonyl (C=O) groups is 2. The smallest absolute Gasteiger partial charge is 0.232 e. The fourth-order valence-electron chi connectivity index (χ4n) is 3.36. The number of nitrogens with one attached hydrogen (secondary N) is 1. The van der Waals surface area contributed by atoms with Crippen LogP contribution in [0.15, 0.2) is 18.2 Å². The predicted octanol–water partition coefficient (Wildman–Crippen LogP) is 2.70. The lowest BCUT2D eigenvalue weighted by Crippen LogP contribution is -2.41. The lowest BCUT2D eigenvalue weighted by atomic mass is 9.93. The Morgan fingerprint density at radius 1 is 1.30 bits per heavy atom. The number of benzene rings is 1. The Labute approximate surface area is 166 Å². The molecule has 6 nitrogen and oxygen atoms in total. The van der Waals surface area contributed by atoms with E-state index in [1.165, 1.54) is 0 Å². The van der Waals surface area contributed by atoms with E-state index in [0.717, 1.165) is 43.7 Å². The summed E-state index contributed by atoms with van der Waals surface area (Å²) in [7, 11) is 3.21. The van der Waals surface area contributed by atoms with Crippen molar-refractivity contribution in [1.29, 1.82) is 0 Å². The van der Waals surface area contributed by atoms with E-state index >= 15 is 0 Å². The Bertz CT molecular complexity index is 638. The van der Waals surface area contributed by atoms with Crippen LogP contribution in [0.4, 0.5) is 0 Å². The van der Waals surface area contributed by atoms with Gasteiger partial charge >= 0.3 is 0 Å². The molecule has 0 aromatic heterocycles. The van der Waals surface area contributed by atoms with Gasteiger partial charge in [-0.25, -0.2) is 0 Å². The van der Waals surface area contributed by atoms with E-state index in [1.54, 1.807) is 26.0 Å². The SMILES string of the molecule is COc1ccc(CNC(=O)CC[C@H]2CCCN(C(=O)CSC)C2)c(OC)c1. The van der Waals surface area contributed by atoms with Gasteiger partial charge < -0.3 is 19.7 Å². The first-order valence-electron chi connectivity index (χ1n) is 9.31. The Morgan fingerprint density at radius 3 is 2.81 bits per heavy atom. The molecule has 2 rings (SSSR count). The fraction of sp³-hybridized carbons (Fsp3) is 0.600. The highest BCUT2D eigenvalue weighted by Gasteiger charge is 2.23. The second-order valence-electron chi connectivity index (χ2n) is 6.77. The van der Waals surface area contributed by atoms with E-state index in [4.69, 9.17) is 9.47 Å². The lowest BCUT2D eigenvalue weighted by molar-refractivity contribution is -0.130. The van der Waals surface area contributed by atoms with Crippen molar-refractivity contribution in [1.82, 2.24) is 10.2 Å². The van der Waals surface area contributed by atoms with Crippen LogP contribution in [0.1, 0.15) is 31.2 Å². The van der Waals surface area contributed by atoms with E-state index in [1.807, 2.05) is 29.4 Å². The summed E-state index contributed by atoms with van der Waals surface area (Å²) in [6.07, 6.45) is 5.35. The molecule has 150 valence electrons. The van der Waals surface area contributed by atoms with Crippen LogP contribution in [-0.4, -0.2) is 56.0 Å². The average molecular weight is 395 g/mol. The normalized spacial score (nSPS) is 16.7. The molecular formula is C20H30N2O4S. The van der Waals surface area contributed by atoms with Crippen molar-refractivity contribution in [2.24, 2.45) is 5.92 Å². The molecule has 1 atom stereocenters. The molecule has 27 heavy (non-hydrogen) atoms. The third kappa shape index (κ3) is 6.65. The zero-order valence-corrected chi connectivity index (χ0v) is 17.3. The Balaban J connectivity index is 1.77. The van der Waals surface area contributed by atoms with Crippen molar-refractivity contribution in [2.45, 2.75) is 32.2 Å². The van der Waals surface area contributed by atoms with Crippen LogP contribution in [0.25, 0.3) is 0 Å². The second kappa shape index (κ2) is 11.1. The topological polar surface area (TPSA) is 67.9 Å². The summed E-state index contributed by atoms with van der Waals surface area (Å²) in [5.41, 5.74) is 0.915. The molecule has 0 bridgehead atoms. The highest BCUT2D eigenvalue weighted by molar-refractivity contribution is 7.99. The first kappa shape index (κ1) is 21.4. The number of hydrogen-bond donors (Lipinski definition) is 1. The molecule has 1 aromatic carbocycles. The minimum absolute atomic E-state index is 0.0282. The summed E-state index contributed by atoms with van der Waals surface area (Å²) in [6.45, 7) is 2.05. The van der Waals surface area contributed by atoms with E-state index in [9.17, 15) is 9.59 Å². The molecule has 0 saturated carbocycles. The van der Waals surface area contributed by atoms with E-state index < -0.39 is 0 Å². The van der Waals surface area contributed by atoms with Crippen LogP contribution in [0, 0.1) is 5.92 Å². The van der Waals surface area contributed by atoms with Gasteiger partial charge in [-0.3, -0.25) is 9.59 Å². The summed E-state index contributed by atoms with van der Waals surface area (Å²) < 4.78 is 10.5. The number of ether oxygens (including phenoxy) is 2. The van der Waals surface area contributed by atoms with Gasteiger partial charge in [-0.2, -0.15) is 11.8 Å². The molecule has 0 unspecified atom stereocenters. The molecule has 1 aliphatic rings. The number of thioether (sulfide) groups is 1. The maximum Gasteiger partial charge on any atom is 0.232 e. The third-order valence-corrected chi connectivity index (χ3v) is 5.43. The number of carbonyl (C=O) groups excluding carboxylic acids is 2. The highest BCUT2D eigenvalue weighted by Crippen LogP contribution is 2.25. The number of amides is 2. The van der Waals surface area contributed by atoms with E-state index in [0.29, 0.717) is 30.4 Å². The molecule has 1 fully saturated rings. The molecule has 0 spiro atoms. The van der Waals surface area contributed by atoms with Crippen molar-refractivity contribution in [2.75, 3.05) is 39.3 Å². The van der Waals surface area contributed by atoms with Gasteiger partial charge in [0.05, 0.1) is 20.0 Å². The quantitative estimate of drug-likeness (QED) is 0.697. The van der Waals surface area contributed by atoms with Crippen LogP contribution in [0.3, 0.4) is 0 Å². The monoisotopic (exact) mass is 394 g/mol. The van der Waals surface area contributed by atoms with Crippen molar-refractivity contribution in [3.63, 3.8) is 0 Å². The van der Waals surface area contributed by atoms with Gasteiger partial charge in [-0.1, -0.05) is 0 Å². The fourth-order valence-corrected chi connectivity index (χ4v) is 3.79. The predicted molar refractivity (Wildman–Crippen MR) is 108 cm³/mol. The summed E-state index contributed by atoms with van der Waals surface area (Å²) in [4.78, 5) is 26.2. The van der Waals surface area contributed by atoms with E-state index in [-0.39, 0.29) is 11.8 Å². The maximum atomic E-state index is 12.2. The molecule has 0 radical (unpaired) electrons. The molecule has 2 amide bonds. The molecule has 0 aliphatic carbocycles. The lowest BCUT2D eigenvalue weighted by Gasteiger charge is -2.32. The van der Waals surface area contributed by atoms with Crippen LogP contribution in [-0.2, 0) is 16.1 Å². The van der Waals surface area contributed by atoms with Crippen molar-refractivity contribution < 1.29 is 19.1 Å². The molecule has 1 aliphatic heterocycles. The summed E-state index contributed by atoms with van der Waals surface area (Å²) in [5, 5.41) is 2.96. The number of rotatable bonds is 9. The average Bonchev–Trinajstić information content (AvgIpc) is 2.70. The van der Waals surface area contributed by atoms with Gasteiger partial charge in [-0.05, 0) is 43.6 Å². The number of likely N-dealkylation sites (tertiary alicyclic amines) is 1. The summed E-state index contributed by atoms with van der Waals surface area (Å²) >= 11 is 1.56. The number of methoxy groups -OCH3 is 2. The highest BCUT2D eigenvalue weighted by atomic mass is 32.2. The molecule has 1 saturated heterocycles. The third-order valence-electron chi connectivity index (χ3n) is 4.89. The van der Waals surface area contributed by atoms with Gasteiger partial charge in [0.1, 0.15) is 11.5 Å². The minimum Gasteiger partial charge on any atom is -0.497 e. The van der Waals surface area contributed by atoms with Crippen molar-refractivity contribution >= 4 is 23.6 Å². The van der Waals surface area contributed by atoms with Gasteiger partial charge in [0, 0.05) is 37.7 Å². The number of nitrogens with zero attached hydrogens (tertiary/aromatic N) is 1. The Morgan fingerprint density at radius 2 is 2.11 bits per heavy atom. The summed E-state index contributed by atoms with van der Waals surface area (Å²) in [6, 6.07) is 5.56. The van der Waals surface area contributed by atoms with E-state index in [2.05, 4.69) is 5.32 Å². The Hall–Kier alpha value is -1.89. The molecule has 1 heterocycles. The zero-order valence-electron chi connectivity index (χ0n) is 16.5. The molecular weight excluding hydrogens is 364 g/mol. The van der Waals surface area contributed by atoms with Gasteiger partial charge in [0.2, 0.25) is 11.8 Å². The first-order valence-corrected chi connectivity index (χ1v) is 10.7. The molecule has 1 N–H and O–H groups in total. The first-order chi connectivity index (χ1) is 13.1. The second-order valence-corrected chi connectivity index (χ2v) is 7.64. The van der Waals surface area contributed by atoms with Crippen LogP contribution in [0.5, 0.6) is 11.5 Å². The Kier molecular flexibility index (Phi) is 8.78. The van der Waals surface area contributed by atoms with Crippen LogP contribution >= 0.6 is 11.8 Å². The number of piperidine rings is 1. The van der Waals surface area contributed by atoms with Crippen LogP contribution < -0.4 is 14.8 Å². The zero-order chi connectivity index (χ0) is 19.6. The summed E-state index contributed by atoms with van der Waals surface area (Å²) in [5.74, 6) is 2.61. The van der Waals surface area contributed by atoms with Crippen molar-refractivity contribution in [3.8, 4) is 11.5 Å². The van der Waals surface area contributed by atoms with Crippen molar-refractivity contribution in [3.05, 3.63) is 23.8 Å². The minimum atomic E-state index is 0.0282.